The molecule has 0 aliphatic carbocycles. The molecule has 0 aliphatic rings. The molecule has 0 spiro atoms. The number of halogens is 1. The van der Waals surface area contributed by atoms with Crippen LogP contribution < -0.4 is 33.0 Å². The van der Waals surface area contributed by atoms with Gasteiger partial charge in [-0.15, -0.1) is 12.4 Å². The molecule has 0 saturated heterocycles. The van der Waals surface area contributed by atoms with Crippen LogP contribution in [0.5, 0.6) is 0 Å². The van der Waals surface area contributed by atoms with Crippen LogP contribution >= 0.6 is 12.4 Å². The molecule has 0 bridgehead atoms. The largest absolute Gasteiger partial charge is 0.389 e. The molecular weight excluding hydrogens is 440 g/mol. The number of nitrogens with two attached hydrogens (primary N) is 2. The molecule has 1 aromatic heterocycles. The van der Waals surface area contributed by atoms with E-state index in [1.807, 2.05) is 13.8 Å². The maximum absolute atomic E-state index is 12.8. The highest BCUT2D eigenvalue weighted by Crippen LogP contribution is 2.21. The average molecular weight is 469 g/mol. The summed E-state index contributed by atoms with van der Waals surface area (Å²) >= 11 is 0. The minimum Gasteiger partial charge on any atom is -0.389 e. The first kappa shape index (κ1) is 26.9. The number of carbonyl (C=O) groups is 3. The first-order chi connectivity index (χ1) is 14.5. The van der Waals surface area contributed by atoms with Crippen LogP contribution in [0, 0.1) is 6.92 Å². The van der Waals surface area contributed by atoms with Crippen molar-refractivity contribution in [3.63, 3.8) is 0 Å². The average Bonchev–Trinajstić information content (AvgIpc) is 2.63. The van der Waals surface area contributed by atoms with E-state index in [1.165, 1.54) is 13.0 Å². The molecule has 32 heavy (non-hydrogen) atoms. The molecule has 7 N–H and O–H groups in total. The van der Waals surface area contributed by atoms with Gasteiger partial charge in [-0.3, -0.25) is 14.4 Å². The van der Waals surface area contributed by atoms with Crippen LogP contribution in [0.3, 0.4) is 0 Å². The van der Waals surface area contributed by atoms with Crippen molar-refractivity contribution in [3.8, 4) is 0 Å². The molecule has 0 unspecified atom stereocenters. The Hall–Kier alpha value is -3.18. The molecule has 11 nitrogen and oxygen atoms in total. The number of benzene rings is 1. The Bertz CT molecular complexity index is 1050. The molecule has 1 heterocycles. The van der Waals surface area contributed by atoms with E-state index in [0.29, 0.717) is 22.2 Å². The molecule has 2 rings (SSSR count). The van der Waals surface area contributed by atoms with Crippen molar-refractivity contribution in [2.75, 3.05) is 10.6 Å². The summed E-state index contributed by atoms with van der Waals surface area (Å²) in [7, 11) is 0. The third kappa shape index (κ3) is 7.20. The van der Waals surface area contributed by atoms with Crippen molar-refractivity contribution in [2.45, 2.75) is 58.7 Å². The Kier molecular flexibility index (Phi) is 9.60. The summed E-state index contributed by atoms with van der Waals surface area (Å²) in [5.74, 6) is -1.70. The zero-order valence-electron chi connectivity index (χ0n) is 18.4. The number of nitrogens with one attached hydrogen (secondary N) is 3. The van der Waals surface area contributed by atoms with Gasteiger partial charge in [0.2, 0.25) is 17.7 Å². The monoisotopic (exact) mass is 468 g/mol. The molecule has 0 fully saturated rings. The number of carbonyl (C=O) groups excluding carboxylic acids is 3. The van der Waals surface area contributed by atoms with Gasteiger partial charge in [-0.05, 0) is 51.8 Å². The third-order valence-electron chi connectivity index (χ3n) is 4.34. The Morgan fingerprint density at radius 1 is 1.16 bits per heavy atom. The molecule has 1 aromatic carbocycles. The summed E-state index contributed by atoms with van der Waals surface area (Å²) in [5.41, 5.74) is 11.4. The van der Waals surface area contributed by atoms with E-state index in [4.69, 9.17) is 15.9 Å². The summed E-state index contributed by atoms with van der Waals surface area (Å²) in [6.45, 7) is 6.91. The minimum absolute atomic E-state index is 0. The van der Waals surface area contributed by atoms with Gasteiger partial charge in [0, 0.05) is 18.2 Å². The van der Waals surface area contributed by atoms with Crippen molar-refractivity contribution < 1.29 is 18.8 Å². The number of anilines is 2. The predicted octanol–water partition coefficient (Wildman–Crippen LogP) is 0.775. The van der Waals surface area contributed by atoms with Crippen LogP contribution in [0.25, 0.3) is 10.9 Å². The zero-order valence-corrected chi connectivity index (χ0v) is 19.2. The summed E-state index contributed by atoms with van der Waals surface area (Å²) in [6.07, 6.45) is -0.0859. The first-order valence-corrected chi connectivity index (χ1v) is 9.85. The second-order valence-corrected chi connectivity index (χ2v) is 7.64. The van der Waals surface area contributed by atoms with Gasteiger partial charge in [0.25, 0.3) is 6.01 Å². The lowest BCUT2D eigenvalue weighted by Gasteiger charge is -2.19. The normalized spacial score (nSPS) is 12.6. The van der Waals surface area contributed by atoms with E-state index in [-0.39, 0.29) is 37.3 Å². The second kappa shape index (κ2) is 11.4. The highest BCUT2D eigenvalue weighted by atomic mass is 35.5. The number of primary amides is 1. The number of amides is 3. The molecular formula is C20H29ClN6O5. The molecule has 3 amide bonds. The maximum atomic E-state index is 12.8. The number of aryl methyl sites for hydroxylation is 1. The van der Waals surface area contributed by atoms with Gasteiger partial charge in [0.1, 0.15) is 6.04 Å². The van der Waals surface area contributed by atoms with Crippen LogP contribution in [0.15, 0.2) is 21.3 Å². The molecule has 0 radical (unpaired) electrons. The number of fused-ring (bicyclic) bond motifs is 1. The van der Waals surface area contributed by atoms with Crippen molar-refractivity contribution in [1.82, 2.24) is 10.3 Å². The van der Waals surface area contributed by atoms with Gasteiger partial charge in [-0.1, -0.05) is 0 Å². The van der Waals surface area contributed by atoms with Gasteiger partial charge in [0.05, 0.1) is 16.9 Å². The van der Waals surface area contributed by atoms with Gasteiger partial charge >= 0.3 is 5.63 Å². The summed E-state index contributed by atoms with van der Waals surface area (Å²) in [5, 5.41) is 8.41. The quantitative estimate of drug-likeness (QED) is 0.357. The van der Waals surface area contributed by atoms with E-state index < -0.39 is 35.4 Å². The van der Waals surface area contributed by atoms with Crippen LogP contribution in [0.1, 0.15) is 39.2 Å². The van der Waals surface area contributed by atoms with Crippen molar-refractivity contribution in [1.29, 1.82) is 0 Å². The van der Waals surface area contributed by atoms with E-state index in [2.05, 4.69) is 20.9 Å². The van der Waals surface area contributed by atoms with E-state index >= 15 is 0 Å². The van der Waals surface area contributed by atoms with E-state index in [0.717, 1.165) is 0 Å². The highest BCUT2D eigenvalue weighted by Gasteiger charge is 2.23. The summed E-state index contributed by atoms with van der Waals surface area (Å²) in [4.78, 5) is 52.5. The lowest BCUT2D eigenvalue weighted by Crippen LogP contribution is -2.49. The SMILES string of the molecule is Cc1cc(NC(=O)[C@H](CCC(N)=O)NC(=O)[C@H](C)N)cc2nc(NC(C)C)oc(=O)c12.Cl. The minimum atomic E-state index is -1.02. The standard InChI is InChI=1S/C20H28N6O5.ClH/c1-9(2)23-20-26-14-8-12(7-10(3)16(14)19(30)31-20)24-18(29)13(5-6-15(22)27)25-17(28)11(4)21;/h7-9,11,13H,5-6,21H2,1-4H3,(H2,22,27)(H,23,26)(H,24,29)(H,25,28);1H/t11-,13-;/m0./s1. The van der Waals surface area contributed by atoms with Crippen molar-refractivity contribution in [3.05, 3.63) is 28.1 Å². The summed E-state index contributed by atoms with van der Waals surface area (Å²) in [6, 6.07) is 1.33. The maximum Gasteiger partial charge on any atom is 0.348 e. The smallest absolute Gasteiger partial charge is 0.348 e. The molecule has 2 atom stereocenters. The fraction of sp³-hybridized carbons (Fsp3) is 0.450. The van der Waals surface area contributed by atoms with Gasteiger partial charge < -0.3 is 31.8 Å². The van der Waals surface area contributed by atoms with Gasteiger partial charge in [-0.2, -0.15) is 4.98 Å². The van der Waals surface area contributed by atoms with Crippen molar-refractivity contribution >= 4 is 52.7 Å². The third-order valence-corrected chi connectivity index (χ3v) is 4.34. The Balaban J connectivity index is 0.00000512. The topological polar surface area (TPSA) is 182 Å². The zero-order chi connectivity index (χ0) is 23.3. The van der Waals surface area contributed by atoms with Gasteiger partial charge in [-0.25, -0.2) is 4.79 Å². The lowest BCUT2D eigenvalue weighted by molar-refractivity contribution is -0.127. The second-order valence-electron chi connectivity index (χ2n) is 7.64. The number of hydrogen-bond donors (Lipinski definition) is 5. The number of aromatic nitrogens is 1. The molecule has 2 aromatic rings. The van der Waals surface area contributed by atoms with Crippen LogP contribution in [-0.4, -0.2) is 40.8 Å². The van der Waals surface area contributed by atoms with Crippen molar-refractivity contribution in [2.24, 2.45) is 11.5 Å². The Labute approximate surface area is 191 Å². The Morgan fingerprint density at radius 3 is 2.38 bits per heavy atom. The number of rotatable bonds is 9. The van der Waals surface area contributed by atoms with Gasteiger partial charge in [0.15, 0.2) is 0 Å². The molecule has 0 saturated carbocycles. The van der Waals surface area contributed by atoms with E-state index in [1.54, 1.807) is 13.0 Å². The van der Waals surface area contributed by atoms with E-state index in [9.17, 15) is 19.2 Å². The first-order valence-electron chi connectivity index (χ1n) is 9.85. The molecule has 176 valence electrons. The lowest BCUT2D eigenvalue weighted by atomic mass is 10.1. The fourth-order valence-electron chi connectivity index (χ4n) is 2.86. The fourth-order valence-corrected chi connectivity index (χ4v) is 2.86. The number of hydrogen-bond acceptors (Lipinski definition) is 8. The predicted molar refractivity (Wildman–Crippen MR) is 124 cm³/mol. The number of nitrogens with zero attached hydrogens (tertiary/aromatic N) is 1. The summed E-state index contributed by atoms with van der Waals surface area (Å²) < 4.78 is 5.19. The van der Waals surface area contributed by atoms with Crippen LogP contribution in [-0.2, 0) is 14.4 Å². The Morgan fingerprint density at radius 2 is 1.81 bits per heavy atom. The van der Waals surface area contributed by atoms with Crippen LogP contribution in [0.4, 0.5) is 11.7 Å². The highest BCUT2D eigenvalue weighted by molar-refractivity contribution is 5.99. The molecule has 12 heteroatoms. The molecule has 0 aliphatic heterocycles. The van der Waals surface area contributed by atoms with Crippen LogP contribution in [0.2, 0.25) is 0 Å².